The fraction of sp³-hybridized carbons (Fsp3) is 0.318. The number of hydrogen-bond acceptors (Lipinski definition) is 7. The van der Waals surface area contributed by atoms with Crippen molar-refractivity contribution in [3.8, 4) is 17.2 Å². The molecule has 8 heteroatoms. The summed E-state index contributed by atoms with van der Waals surface area (Å²) in [5.41, 5.74) is 1.42. The van der Waals surface area contributed by atoms with Crippen molar-refractivity contribution in [1.29, 1.82) is 0 Å². The lowest BCUT2D eigenvalue weighted by molar-refractivity contribution is 0.102. The molecule has 1 aliphatic rings. The first-order valence-corrected chi connectivity index (χ1v) is 9.96. The average Bonchev–Trinajstić information content (AvgIpc) is 3.21. The maximum absolute atomic E-state index is 12.4. The van der Waals surface area contributed by atoms with Gasteiger partial charge in [-0.1, -0.05) is 24.5 Å². The van der Waals surface area contributed by atoms with Gasteiger partial charge in [0.05, 0.1) is 13.0 Å². The van der Waals surface area contributed by atoms with Crippen molar-refractivity contribution in [2.75, 3.05) is 25.1 Å². The molecule has 8 nitrogen and oxygen atoms in total. The maximum Gasteiger partial charge on any atom is 0.322 e. The molecule has 0 radical (unpaired) electrons. The van der Waals surface area contributed by atoms with Crippen molar-refractivity contribution in [2.45, 2.75) is 26.2 Å². The van der Waals surface area contributed by atoms with Gasteiger partial charge in [0.2, 0.25) is 5.89 Å². The van der Waals surface area contributed by atoms with Gasteiger partial charge in [0, 0.05) is 5.56 Å². The monoisotopic (exact) mass is 409 g/mol. The van der Waals surface area contributed by atoms with Crippen LogP contribution in [0.5, 0.6) is 17.2 Å². The minimum Gasteiger partial charge on any atom is -0.494 e. The number of amides is 1. The maximum atomic E-state index is 12.4. The summed E-state index contributed by atoms with van der Waals surface area (Å²) in [4.78, 5) is 12.4. The van der Waals surface area contributed by atoms with E-state index in [-0.39, 0.29) is 11.9 Å². The number of nitrogens with one attached hydrogen (secondary N) is 1. The second kappa shape index (κ2) is 9.30. The van der Waals surface area contributed by atoms with Crippen molar-refractivity contribution < 1.29 is 23.4 Å². The summed E-state index contributed by atoms with van der Waals surface area (Å²) in [5.74, 6) is 2.23. The normalized spacial score (nSPS) is 12.4. The molecule has 2 heterocycles. The number of aromatic nitrogens is 2. The number of rotatable bonds is 8. The van der Waals surface area contributed by atoms with Gasteiger partial charge in [-0.2, -0.15) is 0 Å². The van der Waals surface area contributed by atoms with E-state index in [1.807, 2.05) is 18.2 Å². The van der Waals surface area contributed by atoms with Crippen molar-refractivity contribution in [3.05, 3.63) is 59.5 Å². The van der Waals surface area contributed by atoms with E-state index in [1.54, 1.807) is 24.3 Å². The zero-order valence-corrected chi connectivity index (χ0v) is 16.7. The van der Waals surface area contributed by atoms with E-state index in [2.05, 4.69) is 22.4 Å². The molecular formula is C22H23N3O5. The van der Waals surface area contributed by atoms with Gasteiger partial charge in [-0.15, -0.1) is 5.10 Å². The fourth-order valence-corrected chi connectivity index (χ4v) is 2.95. The molecule has 0 spiro atoms. The molecule has 156 valence electrons. The van der Waals surface area contributed by atoms with Crippen LogP contribution < -0.4 is 19.5 Å². The highest BCUT2D eigenvalue weighted by molar-refractivity contribution is 6.03. The lowest BCUT2D eigenvalue weighted by atomic mass is 10.1. The number of fused-ring (bicyclic) bond motifs is 1. The Morgan fingerprint density at radius 2 is 1.87 bits per heavy atom. The Bertz CT molecular complexity index is 1000. The third-order valence-electron chi connectivity index (χ3n) is 4.53. The summed E-state index contributed by atoms with van der Waals surface area (Å²) < 4.78 is 22.3. The van der Waals surface area contributed by atoms with E-state index in [1.165, 1.54) is 0 Å². The van der Waals surface area contributed by atoms with Crippen molar-refractivity contribution in [2.24, 2.45) is 0 Å². The van der Waals surface area contributed by atoms with Gasteiger partial charge in [-0.3, -0.25) is 10.1 Å². The van der Waals surface area contributed by atoms with Gasteiger partial charge in [0.1, 0.15) is 19.0 Å². The summed E-state index contributed by atoms with van der Waals surface area (Å²) in [5, 5.41) is 10.5. The topological polar surface area (TPSA) is 95.7 Å². The van der Waals surface area contributed by atoms with E-state index in [0.29, 0.717) is 43.4 Å². The lowest BCUT2D eigenvalue weighted by Crippen LogP contribution is -2.15. The third-order valence-corrected chi connectivity index (χ3v) is 4.53. The molecule has 0 saturated carbocycles. The summed E-state index contributed by atoms with van der Waals surface area (Å²) in [6.45, 7) is 3.85. The van der Waals surface area contributed by atoms with E-state index in [0.717, 1.165) is 29.9 Å². The van der Waals surface area contributed by atoms with Crippen LogP contribution in [-0.2, 0) is 6.42 Å². The highest BCUT2D eigenvalue weighted by Crippen LogP contribution is 2.31. The molecule has 0 fully saturated rings. The van der Waals surface area contributed by atoms with E-state index < -0.39 is 0 Å². The molecule has 1 amide bonds. The SMILES string of the molecule is CCCCOc1ccc(C(=O)Nc2nnc(Cc3ccc4c(c3)OCCO4)o2)cc1. The van der Waals surface area contributed by atoms with Gasteiger partial charge in [-0.25, -0.2) is 0 Å². The highest BCUT2D eigenvalue weighted by atomic mass is 16.6. The Hall–Kier alpha value is -3.55. The molecule has 1 aliphatic heterocycles. The number of benzene rings is 2. The van der Waals surface area contributed by atoms with Gasteiger partial charge in [-0.05, 0) is 48.4 Å². The summed E-state index contributed by atoms with van der Waals surface area (Å²) >= 11 is 0. The zero-order chi connectivity index (χ0) is 20.8. The second-order valence-electron chi connectivity index (χ2n) is 6.84. The molecular weight excluding hydrogens is 386 g/mol. The van der Waals surface area contributed by atoms with E-state index >= 15 is 0 Å². The minimum atomic E-state index is -0.329. The molecule has 0 unspecified atom stereocenters. The largest absolute Gasteiger partial charge is 0.494 e. The van der Waals surface area contributed by atoms with Crippen LogP contribution in [0.4, 0.5) is 6.01 Å². The van der Waals surface area contributed by atoms with Crippen LogP contribution >= 0.6 is 0 Å². The van der Waals surface area contributed by atoms with Crippen LogP contribution in [0.2, 0.25) is 0 Å². The number of carbonyl (C=O) groups excluding carboxylic acids is 1. The summed E-state index contributed by atoms with van der Waals surface area (Å²) in [7, 11) is 0. The van der Waals surface area contributed by atoms with Crippen LogP contribution in [0.25, 0.3) is 0 Å². The summed E-state index contributed by atoms with van der Waals surface area (Å²) in [6.07, 6.45) is 2.48. The van der Waals surface area contributed by atoms with Gasteiger partial charge < -0.3 is 18.6 Å². The minimum absolute atomic E-state index is 0.0517. The Kier molecular flexibility index (Phi) is 6.12. The van der Waals surface area contributed by atoms with E-state index in [4.69, 9.17) is 18.6 Å². The van der Waals surface area contributed by atoms with Crippen molar-refractivity contribution in [1.82, 2.24) is 10.2 Å². The Labute approximate surface area is 174 Å². The quantitative estimate of drug-likeness (QED) is 0.564. The molecule has 0 atom stereocenters. The molecule has 0 bridgehead atoms. The zero-order valence-electron chi connectivity index (χ0n) is 16.7. The van der Waals surface area contributed by atoms with Crippen molar-refractivity contribution >= 4 is 11.9 Å². The molecule has 0 aliphatic carbocycles. The average molecular weight is 409 g/mol. The number of nitrogens with zero attached hydrogens (tertiary/aromatic N) is 2. The second-order valence-corrected chi connectivity index (χ2v) is 6.84. The Balaban J connectivity index is 1.34. The standard InChI is InChI=1S/C22H23N3O5/c1-2-3-10-27-17-7-5-16(6-8-17)21(26)23-22-25-24-20(30-22)14-15-4-9-18-19(13-15)29-12-11-28-18/h4-9,13H,2-3,10-12,14H2,1H3,(H,23,25,26). The fourth-order valence-electron chi connectivity index (χ4n) is 2.95. The van der Waals surface area contributed by atoms with Gasteiger partial charge in [0.25, 0.3) is 5.91 Å². The van der Waals surface area contributed by atoms with Crippen LogP contribution in [0, 0.1) is 0 Å². The highest BCUT2D eigenvalue weighted by Gasteiger charge is 2.15. The number of anilines is 1. The first kappa shape index (κ1) is 19.8. The van der Waals surface area contributed by atoms with Crippen molar-refractivity contribution in [3.63, 3.8) is 0 Å². The predicted molar refractivity (Wildman–Crippen MR) is 109 cm³/mol. The summed E-state index contributed by atoms with van der Waals surface area (Å²) in [6, 6.07) is 12.7. The van der Waals surface area contributed by atoms with E-state index in [9.17, 15) is 4.79 Å². The predicted octanol–water partition coefficient (Wildman–Crippen LogP) is 3.86. The Morgan fingerprint density at radius 3 is 2.67 bits per heavy atom. The molecule has 0 saturated heterocycles. The molecule has 30 heavy (non-hydrogen) atoms. The van der Waals surface area contributed by atoms with Crippen LogP contribution in [0.15, 0.2) is 46.9 Å². The number of ether oxygens (including phenoxy) is 3. The molecule has 2 aromatic carbocycles. The smallest absolute Gasteiger partial charge is 0.322 e. The first-order valence-electron chi connectivity index (χ1n) is 9.96. The number of carbonyl (C=O) groups is 1. The number of hydrogen-bond donors (Lipinski definition) is 1. The van der Waals surface area contributed by atoms with Crippen LogP contribution in [0.1, 0.15) is 41.6 Å². The molecule has 1 N–H and O–H groups in total. The van der Waals surface area contributed by atoms with Gasteiger partial charge in [0.15, 0.2) is 11.5 Å². The molecule has 1 aromatic heterocycles. The number of unbranched alkanes of at least 4 members (excludes halogenated alkanes) is 1. The van der Waals surface area contributed by atoms with Gasteiger partial charge >= 0.3 is 6.01 Å². The van der Waals surface area contributed by atoms with Crippen LogP contribution in [0.3, 0.4) is 0 Å². The lowest BCUT2D eigenvalue weighted by Gasteiger charge is -2.18. The third kappa shape index (κ3) is 4.89. The molecule has 4 rings (SSSR count). The molecule has 3 aromatic rings. The van der Waals surface area contributed by atoms with Crippen LogP contribution in [-0.4, -0.2) is 35.9 Å². The Morgan fingerprint density at radius 1 is 1.07 bits per heavy atom. The first-order chi connectivity index (χ1) is 14.7.